The van der Waals surface area contributed by atoms with Crippen molar-refractivity contribution in [2.24, 2.45) is 0 Å². The van der Waals surface area contributed by atoms with E-state index in [9.17, 15) is 4.79 Å². The largest absolute Gasteiger partial charge is 0.367 e. The zero-order valence-corrected chi connectivity index (χ0v) is 19.5. The van der Waals surface area contributed by atoms with Crippen LogP contribution < -0.4 is 21.3 Å². The molecule has 1 fully saturated rings. The fourth-order valence-corrected chi connectivity index (χ4v) is 4.07. The molecule has 9 nitrogen and oxygen atoms in total. The van der Waals surface area contributed by atoms with Gasteiger partial charge in [0.2, 0.25) is 11.9 Å². The molecule has 36 heavy (non-hydrogen) atoms. The highest BCUT2D eigenvalue weighted by atomic mass is 19.1. The Labute approximate surface area is 207 Å². The summed E-state index contributed by atoms with van der Waals surface area (Å²) in [6.45, 7) is 5.45. The molecule has 5 rings (SSSR count). The molecule has 4 aromatic rings. The summed E-state index contributed by atoms with van der Waals surface area (Å²) < 4.78 is 15.0. The van der Waals surface area contributed by atoms with Gasteiger partial charge in [0, 0.05) is 29.5 Å². The van der Waals surface area contributed by atoms with Gasteiger partial charge in [-0.15, -0.1) is 0 Å². The zero-order valence-electron chi connectivity index (χ0n) is 19.5. The molecule has 0 spiro atoms. The third kappa shape index (κ3) is 5.28. The van der Waals surface area contributed by atoms with Gasteiger partial charge in [-0.1, -0.05) is 6.58 Å². The van der Waals surface area contributed by atoms with E-state index in [1.807, 2.05) is 12.1 Å². The van der Waals surface area contributed by atoms with Gasteiger partial charge in [0.25, 0.3) is 0 Å². The van der Waals surface area contributed by atoms with Gasteiger partial charge in [0.05, 0.1) is 28.7 Å². The van der Waals surface area contributed by atoms with Crippen molar-refractivity contribution in [2.75, 3.05) is 29.0 Å². The number of nitrogens with zero attached hydrogens (tertiary/aromatic N) is 4. The van der Waals surface area contributed by atoms with Gasteiger partial charge in [0.15, 0.2) is 0 Å². The first kappa shape index (κ1) is 23.3. The number of piperidine rings is 1. The Morgan fingerprint density at radius 3 is 2.69 bits per heavy atom. The number of aromatic nitrogens is 4. The molecule has 182 valence electrons. The van der Waals surface area contributed by atoms with Gasteiger partial charge in [-0.3, -0.25) is 9.78 Å². The highest BCUT2D eigenvalue weighted by Gasteiger charge is 2.16. The van der Waals surface area contributed by atoms with Crippen molar-refractivity contribution in [3.8, 4) is 11.3 Å². The number of benzene rings is 1. The van der Waals surface area contributed by atoms with Crippen LogP contribution >= 0.6 is 0 Å². The number of rotatable bonds is 7. The monoisotopic (exact) mass is 484 g/mol. The van der Waals surface area contributed by atoms with Gasteiger partial charge >= 0.3 is 0 Å². The fourth-order valence-electron chi connectivity index (χ4n) is 4.07. The molecule has 0 saturated carbocycles. The number of amides is 1. The second-order valence-electron chi connectivity index (χ2n) is 8.40. The molecule has 0 aliphatic carbocycles. The van der Waals surface area contributed by atoms with Crippen LogP contribution in [0.4, 0.5) is 27.5 Å². The number of hydrogen-bond donors (Lipinski definition) is 4. The quantitative estimate of drug-likeness (QED) is 0.288. The van der Waals surface area contributed by atoms with Crippen LogP contribution in [-0.4, -0.2) is 45.0 Å². The van der Waals surface area contributed by atoms with E-state index in [4.69, 9.17) is 0 Å². The maximum atomic E-state index is 15.0. The number of pyridine rings is 2. The summed E-state index contributed by atoms with van der Waals surface area (Å²) >= 11 is 0. The molecule has 1 amide bonds. The van der Waals surface area contributed by atoms with E-state index >= 15 is 4.39 Å². The lowest BCUT2D eigenvalue weighted by Crippen LogP contribution is -2.35. The molecule has 4 N–H and O–H groups in total. The van der Waals surface area contributed by atoms with E-state index in [1.54, 1.807) is 30.6 Å². The Kier molecular flexibility index (Phi) is 6.76. The molecule has 0 radical (unpaired) electrons. The number of fused-ring (bicyclic) bond motifs is 1. The topological polar surface area (TPSA) is 117 Å². The lowest BCUT2D eigenvalue weighted by molar-refractivity contribution is -0.111. The lowest BCUT2D eigenvalue weighted by atomic mass is 10.1. The first-order valence-electron chi connectivity index (χ1n) is 11.6. The normalized spacial score (nSPS) is 13.8. The summed E-state index contributed by atoms with van der Waals surface area (Å²) in [5.74, 6) is 0.254. The van der Waals surface area contributed by atoms with Crippen molar-refractivity contribution in [1.29, 1.82) is 0 Å². The molecule has 1 aromatic carbocycles. The van der Waals surface area contributed by atoms with Gasteiger partial charge in [-0.25, -0.2) is 19.3 Å². The number of hydrogen-bond acceptors (Lipinski definition) is 8. The first-order chi connectivity index (χ1) is 17.6. The molecular formula is C26H25FN8O. The molecule has 1 aliphatic rings. The molecule has 4 heterocycles. The predicted molar refractivity (Wildman–Crippen MR) is 139 cm³/mol. The fraction of sp³-hybridized carbons (Fsp3) is 0.192. The number of anilines is 4. The lowest BCUT2D eigenvalue weighted by Gasteiger charge is -2.24. The van der Waals surface area contributed by atoms with Crippen molar-refractivity contribution in [1.82, 2.24) is 25.3 Å². The minimum absolute atomic E-state index is 0.215. The summed E-state index contributed by atoms with van der Waals surface area (Å²) in [6.07, 6.45) is 8.11. The van der Waals surface area contributed by atoms with Crippen LogP contribution in [0.15, 0.2) is 67.6 Å². The van der Waals surface area contributed by atoms with Crippen LogP contribution in [0, 0.1) is 5.82 Å². The summed E-state index contributed by atoms with van der Waals surface area (Å²) in [6, 6.07) is 10.4. The van der Waals surface area contributed by atoms with E-state index in [0.717, 1.165) is 37.8 Å². The maximum absolute atomic E-state index is 15.0. The molecule has 0 atom stereocenters. The van der Waals surface area contributed by atoms with Crippen molar-refractivity contribution < 1.29 is 9.18 Å². The molecule has 0 unspecified atom stereocenters. The Morgan fingerprint density at radius 1 is 1.06 bits per heavy atom. The van der Waals surface area contributed by atoms with E-state index in [0.29, 0.717) is 40.0 Å². The number of carbonyl (C=O) groups excluding carboxylic acids is 1. The van der Waals surface area contributed by atoms with Crippen molar-refractivity contribution >= 4 is 40.0 Å². The second kappa shape index (κ2) is 10.4. The zero-order chi connectivity index (χ0) is 24.9. The Balaban J connectivity index is 1.40. The van der Waals surface area contributed by atoms with E-state index in [1.165, 1.54) is 12.3 Å². The first-order valence-corrected chi connectivity index (χ1v) is 11.6. The van der Waals surface area contributed by atoms with Crippen LogP contribution in [0.1, 0.15) is 12.8 Å². The van der Waals surface area contributed by atoms with Gasteiger partial charge in [-0.05, 0) is 68.4 Å². The molecule has 1 saturated heterocycles. The van der Waals surface area contributed by atoms with Gasteiger partial charge in [0.1, 0.15) is 11.6 Å². The molecule has 10 heteroatoms. The van der Waals surface area contributed by atoms with Crippen LogP contribution in [0.5, 0.6) is 0 Å². The molecule has 1 aliphatic heterocycles. The van der Waals surface area contributed by atoms with Crippen LogP contribution in [0.3, 0.4) is 0 Å². The van der Waals surface area contributed by atoms with Crippen LogP contribution in [-0.2, 0) is 4.79 Å². The van der Waals surface area contributed by atoms with Crippen LogP contribution in [0.25, 0.3) is 22.2 Å². The SMILES string of the molecule is C=CC(=O)Nc1ccnc(-c2c(F)ccc3cnc(Nc4ccc(NC5CCNCC5)nc4)nc23)c1. The highest BCUT2D eigenvalue weighted by molar-refractivity contribution is 6.00. The summed E-state index contributed by atoms with van der Waals surface area (Å²) in [5.41, 5.74) is 2.12. The Bertz CT molecular complexity index is 1400. The van der Waals surface area contributed by atoms with Crippen LogP contribution in [0.2, 0.25) is 0 Å². The average molecular weight is 485 g/mol. The van der Waals surface area contributed by atoms with Gasteiger partial charge < -0.3 is 21.3 Å². The molecule has 3 aromatic heterocycles. The Hall–Kier alpha value is -4.44. The molecular weight excluding hydrogens is 459 g/mol. The van der Waals surface area contributed by atoms with Gasteiger partial charge in [-0.2, -0.15) is 0 Å². The minimum atomic E-state index is -0.484. The maximum Gasteiger partial charge on any atom is 0.247 e. The number of halogens is 1. The van der Waals surface area contributed by atoms with E-state index in [-0.39, 0.29) is 11.5 Å². The smallest absolute Gasteiger partial charge is 0.247 e. The number of nitrogens with one attached hydrogen (secondary N) is 4. The number of carbonyl (C=O) groups is 1. The minimum Gasteiger partial charge on any atom is -0.367 e. The Morgan fingerprint density at radius 2 is 1.92 bits per heavy atom. The van der Waals surface area contributed by atoms with Crippen molar-refractivity contribution in [3.05, 3.63) is 73.5 Å². The highest BCUT2D eigenvalue weighted by Crippen LogP contribution is 2.31. The van der Waals surface area contributed by atoms with E-state index < -0.39 is 5.82 Å². The second-order valence-corrected chi connectivity index (χ2v) is 8.40. The average Bonchev–Trinajstić information content (AvgIpc) is 2.90. The summed E-state index contributed by atoms with van der Waals surface area (Å²) in [5, 5.41) is 13.3. The standard InChI is InChI=1S/C26H25FN8O/c1-2-23(36)33-18-9-12-29-21(13-18)24-20(27)5-3-16-14-31-26(35-25(16)24)34-19-4-6-22(30-15-19)32-17-7-10-28-11-8-17/h2-6,9,12-15,17,28H,1,7-8,10-11H2,(H,30,32)(H,29,33,36)(H,31,34,35). The van der Waals surface area contributed by atoms with Crippen molar-refractivity contribution in [3.63, 3.8) is 0 Å². The summed E-state index contributed by atoms with van der Waals surface area (Å²) in [7, 11) is 0. The third-order valence-electron chi connectivity index (χ3n) is 5.88. The summed E-state index contributed by atoms with van der Waals surface area (Å²) in [4.78, 5) is 29.4. The predicted octanol–water partition coefficient (Wildman–Crippen LogP) is 4.26. The third-order valence-corrected chi connectivity index (χ3v) is 5.88. The molecule has 0 bridgehead atoms. The van der Waals surface area contributed by atoms with Crippen molar-refractivity contribution in [2.45, 2.75) is 18.9 Å². The van der Waals surface area contributed by atoms with E-state index in [2.05, 4.69) is 47.8 Å².